The molecule has 3 atom stereocenters. The summed E-state index contributed by atoms with van der Waals surface area (Å²) in [5.74, 6) is -3.55. The number of non-ortho nitro benzene ring substituents is 1. The van der Waals surface area contributed by atoms with Crippen molar-refractivity contribution in [1.82, 2.24) is 4.57 Å². The summed E-state index contributed by atoms with van der Waals surface area (Å²) in [6.45, 7) is 5.59. The van der Waals surface area contributed by atoms with Gasteiger partial charge in [0.1, 0.15) is 11.8 Å². The Morgan fingerprint density at radius 3 is 2.21 bits per heavy atom. The first kappa shape index (κ1) is 33.2. The summed E-state index contributed by atoms with van der Waals surface area (Å²) in [4.78, 5) is 66.1. The van der Waals surface area contributed by atoms with E-state index in [1.807, 2.05) is 45.0 Å². The van der Waals surface area contributed by atoms with Crippen LogP contribution in [-0.2, 0) is 32.5 Å². The number of hydrogen-bond acceptors (Lipinski definition) is 8. The monoisotopic (exact) mass is 696 g/mol. The number of fused-ring (bicyclic) bond motifs is 2. The van der Waals surface area contributed by atoms with Gasteiger partial charge >= 0.3 is 11.0 Å². The smallest absolute Gasteiger partial charge is 0.325 e. The van der Waals surface area contributed by atoms with Crippen LogP contribution in [0.25, 0.3) is 0 Å². The van der Waals surface area contributed by atoms with Gasteiger partial charge in [0.2, 0.25) is 17.7 Å². The van der Waals surface area contributed by atoms with Crippen LogP contribution in [0.5, 0.6) is 0 Å². The number of aromatic nitrogens is 1. The zero-order valence-electron chi connectivity index (χ0n) is 25.6. The van der Waals surface area contributed by atoms with E-state index in [9.17, 15) is 42.5 Å². The van der Waals surface area contributed by atoms with E-state index >= 15 is 0 Å². The van der Waals surface area contributed by atoms with Crippen LogP contribution in [-0.4, -0.2) is 32.5 Å². The van der Waals surface area contributed by atoms with Crippen LogP contribution in [0.2, 0.25) is 0 Å². The lowest BCUT2D eigenvalue weighted by molar-refractivity contribution is -0.384. The number of nitrogens with one attached hydrogen (secondary N) is 1. The maximum atomic E-state index is 14.1. The molecule has 1 aromatic heterocycles. The number of halogens is 3. The lowest BCUT2D eigenvalue weighted by Crippen LogP contribution is -2.33. The van der Waals surface area contributed by atoms with E-state index in [1.165, 1.54) is 34.9 Å². The van der Waals surface area contributed by atoms with Gasteiger partial charge in [-0.25, -0.2) is 4.90 Å². The highest BCUT2D eigenvalue weighted by molar-refractivity contribution is 8.00. The van der Waals surface area contributed by atoms with Gasteiger partial charge in [0.25, 0.3) is 5.69 Å². The van der Waals surface area contributed by atoms with Crippen molar-refractivity contribution < 1.29 is 32.5 Å². The first-order valence-corrected chi connectivity index (χ1v) is 16.3. The molecule has 2 unspecified atom stereocenters. The Balaban J connectivity index is 1.39. The van der Waals surface area contributed by atoms with Gasteiger partial charge in [-0.15, -0.1) is 0 Å². The van der Waals surface area contributed by atoms with E-state index in [1.54, 1.807) is 0 Å². The van der Waals surface area contributed by atoms with Crippen molar-refractivity contribution in [1.29, 1.82) is 0 Å². The Bertz CT molecular complexity index is 2020. The van der Waals surface area contributed by atoms with Crippen LogP contribution >= 0.6 is 23.1 Å². The molecule has 3 aromatic carbocycles. The fourth-order valence-corrected chi connectivity index (χ4v) is 8.67. The number of nitrogens with zero attached hydrogens (tertiary/aromatic N) is 3. The van der Waals surface area contributed by atoms with Crippen LogP contribution < -0.4 is 15.1 Å². The average molecular weight is 697 g/mol. The molecule has 0 spiro atoms. The van der Waals surface area contributed by atoms with Crippen molar-refractivity contribution in [2.75, 3.05) is 10.2 Å². The minimum atomic E-state index is -4.62. The van der Waals surface area contributed by atoms with Gasteiger partial charge in [0, 0.05) is 28.6 Å². The van der Waals surface area contributed by atoms with E-state index in [4.69, 9.17) is 0 Å². The van der Waals surface area contributed by atoms with Crippen LogP contribution in [0.15, 0.2) is 82.6 Å². The third kappa shape index (κ3) is 6.03. The second kappa shape index (κ2) is 12.0. The first-order valence-electron chi connectivity index (χ1n) is 14.6. The number of hydrogen-bond donors (Lipinski definition) is 1. The van der Waals surface area contributed by atoms with E-state index in [2.05, 4.69) is 5.32 Å². The van der Waals surface area contributed by atoms with Crippen LogP contribution in [0.4, 0.5) is 30.2 Å². The fourth-order valence-electron chi connectivity index (χ4n) is 5.90. The number of carbonyl (C=O) groups is 3. The minimum Gasteiger partial charge on any atom is -0.325 e. The third-order valence-electron chi connectivity index (χ3n) is 8.28. The van der Waals surface area contributed by atoms with E-state index < -0.39 is 62.9 Å². The Kier molecular flexibility index (Phi) is 8.32. The van der Waals surface area contributed by atoms with E-state index in [-0.39, 0.29) is 22.5 Å². The number of imide groups is 1. The number of rotatable bonds is 6. The Morgan fingerprint density at radius 2 is 1.60 bits per heavy atom. The number of carbonyl (C=O) groups excluding carboxylic acids is 3. The van der Waals surface area contributed by atoms with Crippen molar-refractivity contribution >= 4 is 57.9 Å². The van der Waals surface area contributed by atoms with Gasteiger partial charge in [-0.3, -0.25) is 33.9 Å². The lowest BCUT2D eigenvalue weighted by atomic mass is 9.81. The summed E-state index contributed by atoms with van der Waals surface area (Å²) in [5, 5.41) is 12.9. The molecule has 2 aliphatic rings. The second-order valence-corrected chi connectivity index (χ2v) is 14.6. The summed E-state index contributed by atoms with van der Waals surface area (Å²) in [7, 11) is 0. The van der Waals surface area contributed by atoms with E-state index in [0.29, 0.717) is 15.5 Å². The van der Waals surface area contributed by atoms with Crippen molar-refractivity contribution in [2.45, 2.75) is 55.1 Å². The van der Waals surface area contributed by atoms with Gasteiger partial charge in [-0.2, -0.15) is 13.2 Å². The van der Waals surface area contributed by atoms with Crippen molar-refractivity contribution in [3.8, 4) is 0 Å². The highest BCUT2D eigenvalue weighted by atomic mass is 32.2. The zero-order valence-corrected chi connectivity index (χ0v) is 27.2. The van der Waals surface area contributed by atoms with Crippen LogP contribution in [0.3, 0.4) is 0 Å². The van der Waals surface area contributed by atoms with E-state index in [0.717, 1.165) is 51.8 Å². The standard InChI is InChI=1S/C33H27F3N4O6S2/c1-32(2,3)18-9-7-17(8-10-18)24-25-26(29(43)39(28(25)42)21-11-13-22(14-12-21)40(45)46)47-30-27(24)48-31(44)38(30)16-23(41)37-20-6-4-5-19(15-20)33(34,35)36/h4-15,24-26H,16H2,1-3H3,(H,37,41)/t24-,25?,26?/m0/s1. The van der Waals surface area contributed by atoms with Crippen LogP contribution in [0.1, 0.15) is 48.3 Å². The molecule has 10 nitrogen and oxygen atoms in total. The van der Waals surface area contributed by atoms with Crippen LogP contribution in [0, 0.1) is 16.0 Å². The highest BCUT2D eigenvalue weighted by Gasteiger charge is 2.57. The molecule has 1 saturated heterocycles. The number of amides is 3. The molecule has 0 saturated carbocycles. The SMILES string of the molecule is CC(C)(C)c1ccc([C@@H]2c3sc(=O)n(CC(=O)Nc4cccc(C(F)(F)F)c4)c3SC3C(=O)N(c4ccc([N+](=O)[O-])cc4)C(=O)C32)cc1. The molecule has 1 N–H and O–H groups in total. The number of alkyl halides is 3. The maximum absolute atomic E-state index is 14.1. The van der Waals surface area contributed by atoms with Crippen molar-refractivity contribution in [2.24, 2.45) is 5.92 Å². The highest BCUT2D eigenvalue weighted by Crippen LogP contribution is 2.54. The first-order chi connectivity index (χ1) is 22.5. The Labute approximate surface area is 279 Å². The van der Waals surface area contributed by atoms with Gasteiger partial charge in [-0.05, 0) is 46.9 Å². The predicted molar refractivity (Wildman–Crippen MR) is 174 cm³/mol. The van der Waals surface area contributed by atoms with Gasteiger partial charge < -0.3 is 5.32 Å². The van der Waals surface area contributed by atoms with Gasteiger partial charge in [-0.1, -0.05) is 74.2 Å². The van der Waals surface area contributed by atoms with Crippen molar-refractivity contribution in [3.63, 3.8) is 0 Å². The fraction of sp³-hybridized carbons (Fsp3) is 0.273. The number of benzene rings is 3. The molecular formula is C33H27F3N4O6S2. The summed E-state index contributed by atoms with van der Waals surface area (Å²) in [6.07, 6.45) is -4.62. The lowest BCUT2D eigenvalue weighted by Gasteiger charge is -2.31. The molecule has 3 amide bonds. The molecule has 48 heavy (non-hydrogen) atoms. The molecule has 3 heterocycles. The predicted octanol–water partition coefficient (Wildman–Crippen LogP) is 6.57. The molecule has 0 bridgehead atoms. The number of thioether (sulfide) groups is 1. The Morgan fingerprint density at radius 1 is 0.938 bits per heavy atom. The minimum absolute atomic E-state index is 0.105. The molecule has 0 radical (unpaired) electrons. The Hall–Kier alpha value is -4.76. The molecule has 248 valence electrons. The largest absolute Gasteiger partial charge is 0.416 e. The number of anilines is 2. The molecule has 4 aromatic rings. The number of nitro groups is 1. The molecule has 6 rings (SSSR count). The zero-order chi connectivity index (χ0) is 34.7. The summed E-state index contributed by atoms with van der Waals surface area (Å²) in [5.41, 5.74) is 0.409. The molecular weight excluding hydrogens is 670 g/mol. The van der Waals surface area contributed by atoms with Crippen molar-refractivity contribution in [3.05, 3.63) is 114 Å². The molecule has 1 fully saturated rings. The molecule has 0 aliphatic carbocycles. The third-order valence-corrected chi connectivity index (χ3v) is 10.9. The molecule has 15 heteroatoms. The molecule has 2 aliphatic heterocycles. The second-order valence-electron chi connectivity index (χ2n) is 12.4. The topological polar surface area (TPSA) is 132 Å². The quantitative estimate of drug-likeness (QED) is 0.137. The maximum Gasteiger partial charge on any atom is 0.416 e. The average Bonchev–Trinajstić information content (AvgIpc) is 3.46. The normalized spacial score (nSPS) is 19.2. The number of nitro benzene ring substituents is 1. The summed E-state index contributed by atoms with van der Waals surface area (Å²) < 4.78 is 40.8. The number of thiazole rings is 1. The van der Waals surface area contributed by atoms with Gasteiger partial charge in [0.15, 0.2) is 0 Å². The summed E-state index contributed by atoms with van der Waals surface area (Å²) >= 11 is 1.82. The summed E-state index contributed by atoms with van der Waals surface area (Å²) in [6, 6.07) is 16.7. The van der Waals surface area contributed by atoms with Gasteiger partial charge in [0.05, 0.1) is 27.1 Å².